The van der Waals surface area contributed by atoms with Crippen molar-refractivity contribution in [2.45, 2.75) is 12.8 Å². The number of ether oxygens (including phenoxy) is 1. The highest BCUT2D eigenvalue weighted by atomic mass is 16.5. The van der Waals surface area contributed by atoms with E-state index in [1.165, 1.54) is 17.1 Å². The highest BCUT2D eigenvalue weighted by molar-refractivity contribution is 5.58. The van der Waals surface area contributed by atoms with Crippen LogP contribution in [-0.4, -0.2) is 54.5 Å². The molecule has 1 N–H and O–H groups in total. The van der Waals surface area contributed by atoms with Gasteiger partial charge in [-0.25, -0.2) is 4.98 Å². The van der Waals surface area contributed by atoms with Crippen LogP contribution >= 0.6 is 0 Å². The fourth-order valence-corrected chi connectivity index (χ4v) is 3.42. The van der Waals surface area contributed by atoms with E-state index in [2.05, 4.69) is 15.3 Å². The number of hydrogen-bond donors (Lipinski definition) is 1. The molecule has 21 heavy (non-hydrogen) atoms. The van der Waals surface area contributed by atoms with Crippen molar-refractivity contribution in [1.29, 1.82) is 0 Å². The van der Waals surface area contributed by atoms with Gasteiger partial charge in [-0.1, -0.05) is 0 Å². The second-order valence-electron chi connectivity index (χ2n) is 5.94. The summed E-state index contributed by atoms with van der Waals surface area (Å²) in [7, 11) is 1.78. The summed E-state index contributed by atoms with van der Waals surface area (Å²) >= 11 is 0. The Morgan fingerprint density at radius 1 is 1.33 bits per heavy atom. The van der Waals surface area contributed by atoms with Crippen LogP contribution in [0.5, 0.6) is 0 Å². The lowest BCUT2D eigenvalue weighted by molar-refractivity contribution is 0.136. The Labute approximate surface area is 124 Å². The molecule has 2 aromatic heterocycles. The van der Waals surface area contributed by atoms with Gasteiger partial charge in [-0.3, -0.25) is 0 Å². The average Bonchev–Trinajstić information content (AvgIpc) is 2.78. The third-order valence-corrected chi connectivity index (χ3v) is 4.44. The van der Waals surface area contributed by atoms with Gasteiger partial charge in [0.25, 0.3) is 0 Å². The highest BCUT2D eigenvalue weighted by Crippen LogP contribution is 2.31. The Morgan fingerprint density at radius 3 is 3.05 bits per heavy atom. The molecule has 6 heteroatoms. The fraction of sp³-hybridized carbons (Fsp3) is 0.600. The van der Waals surface area contributed by atoms with Gasteiger partial charge in [-0.15, -0.1) is 0 Å². The van der Waals surface area contributed by atoms with Crippen molar-refractivity contribution in [3.8, 4) is 0 Å². The second-order valence-corrected chi connectivity index (χ2v) is 5.94. The molecule has 2 aliphatic heterocycles. The molecule has 4 heterocycles. The Kier molecular flexibility index (Phi) is 3.27. The Bertz CT molecular complexity index is 647. The maximum absolute atomic E-state index is 5.26. The molecule has 0 atom stereocenters. The predicted molar refractivity (Wildman–Crippen MR) is 80.8 cm³/mol. The normalized spacial score (nSPS) is 19.4. The second kappa shape index (κ2) is 5.27. The van der Waals surface area contributed by atoms with Gasteiger partial charge >= 0.3 is 0 Å². The van der Waals surface area contributed by atoms with Crippen LogP contribution in [0.3, 0.4) is 0 Å². The van der Waals surface area contributed by atoms with Gasteiger partial charge in [0.1, 0.15) is 5.82 Å². The molecule has 0 radical (unpaired) electrons. The van der Waals surface area contributed by atoms with Crippen molar-refractivity contribution >= 4 is 11.5 Å². The topological polar surface area (TPSA) is 54.7 Å². The molecule has 2 aliphatic rings. The van der Waals surface area contributed by atoms with E-state index in [4.69, 9.17) is 9.72 Å². The van der Waals surface area contributed by atoms with E-state index in [1.807, 2.05) is 16.8 Å². The van der Waals surface area contributed by atoms with Crippen molar-refractivity contribution in [2.75, 3.05) is 44.8 Å². The SMILES string of the molecule is COCC1CN(c2c3c(nc4ccnn24)CCNCC3)C1. The highest BCUT2D eigenvalue weighted by Gasteiger charge is 2.31. The van der Waals surface area contributed by atoms with Crippen LogP contribution in [0.2, 0.25) is 0 Å². The quantitative estimate of drug-likeness (QED) is 0.891. The van der Waals surface area contributed by atoms with Crippen LogP contribution in [0, 0.1) is 5.92 Å². The number of nitrogens with one attached hydrogen (secondary N) is 1. The Balaban J connectivity index is 1.75. The zero-order chi connectivity index (χ0) is 14.2. The number of hydrogen-bond acceptors (Lipinski definition) is 5. The third-order valence-electron chi connectivity index (χ3n) is 4.44. The summed E-state index contributed by atoms with van der Waals surface area (Å²) in [5, 5.41) is 7.96. The first-order valence-corrected chi connectivity index (χ1v) is 7.67. The van der Waals surface area contributed by atoms with Gasteiger partial charge in [0, 0.05) is 50.7 Å². The first-order chi connectivity index (χ1) is 10.4. The summed E-state index contributed by atoms with van der Waals surface area (Å²) < 4.78 is 7.27. The van der Waals surface area contributed by atoms with Gasteiger partial charge in [0.15, 0.2) is 5.65 Å². The lowest BCUT2D eigenvalue weighted by Crippen LogP contribution is -2.50. The first-order valence-electron chi connectivity index (χ1n) is 7.67. The van der Waals surface area contributed by atoms with Crippen LogP contribution in [0.15, 0.2) is 12.3 Å². The third kappa shape index (κ3) is 2.18. The minimum Gasteiger partial charge on any atom is -0.384 e. The maximum atomic E-state index is 5.26. The number of aromatic nitrogens is 3. The van der Waals surface area contributed by atoms with E-state index in [9.17, 15) is 0 Å². The first kappa shape index (κ1) is 13.0. The summed E-state index contributed by atoms with van der Waals surface area (Å²) in [6.45, 7) is 4.97. The van der Waals surface area contributed by atoms with E-state index in [0.29, 0.717) is 5.92 Å². The van der Waals surface area contributed by atoms with Crippen LogP contribution in [-0.2, 0) is 17.6 Å². The van der Waals surface area contributed by atoms with Gasteiger partial charge < -0.3 is 15.0 Å². The number of rotatable bonds is 3. The van der Waals surface area contributed by atoms with E-state index in [1.54, 1.807) is 7.11 Å². The molecule has 0 aliphatic carbocycles. The van der Waals surface area contributed by atoms with E-state index >= 15 is 0 Å². The summed E-state index contributed by atoms with van der Waals surface area (Å²) in [4.78, 5) is 7.23. The van der Waals surface area contributed by atoms with Gasteiger partial charge in [0.2, 0.25) is 0 Å². The number of methoxy groups -OCH3 is 1. The van der Waals surface area contributed by atoms with Crippen molar-refractivity contribution < 1.29 is 4.74 Å². The maximum Gasteiger partial charge on any atom is 0.157 e. The Hall–Kier alpha value is -1.66. The zero-order valence-corrected chi connectivity index (χ0v) is 12.4. The molecule has 0 amide bonds. The van der Waals surface area contributed by atoms with Crippen molar-refractivity contribution in [2.24, 2.45) is 5.92 Å². The standard InChI is InChI=1S/C15H21N5O/c1-21-10-11-8-19(9-11)15-12-2-5-16-6-3-13(12)18-14-4-7-17-20(14)15/h4,7,11,16H,2-3,5-6,8-10H2,1H3. The van der Waals surface area contributed by atoms with Crippen molar-refractivity contribution in [3.63, 3.8) is 0 Å². The molecule has 2 aromatic rings. The van der Waals surface area contributed by atoms with Gasteiger partial charge in [0.05, 0.1) is 18.5 Å². The smallest absolute Gasteiger partial charge is 0.157 e. The summed E-state index contributed by atoms with van der Waals surface area (Å²) in [5.41, 5.74) is 3.56. The molecular formula is C15H21N5O. The Morgan fingerprint density at radius 2 is 2.19 bits per heavy atom. The lowest BCUT2D eigenvalue weighted by atomic mass is 9.99. The van der Waals surface area contributed by atoms with Gasteiger partial charge in [-0.05, 0) is 13.0 Å². The summed E-state index contributed by atoms with van der Waals surface area (Å²) in [5.74, 6) is 1.88. The van der Waals surface area contributed by atoms with E-state index in [-0.39, 0.29) is 0 Å². The molecule has 0 aromatic carbocycles. The molecule has 0 saturated carbocycles. The van der Waals surface area contributed by atoms with Crippen LogP contribution in [0.1, 0.15) is 11.3 Å². The minimum absolute atomic E-state index is 0.633. The molecule has 4 rings (SSSR count). The lowest BCUT2D eigenvalue weighted by Gasteiger charge is -2.41. The predicted octanol–water partition coefficient (Wildman–Crippen LogP) is 0.500. The summed E-state index contributed by atoms with van der Waals surface area (Å²) in [6.07, 6.45) is 3.87. The summed E-state index contributed by atoms with van der Waals surface area (Å²) in [6, 6.07) is 1.99. The van der Waals surface area contributed by atoms with E-state index < -0.39 is 0 Å². The van der Waals surface area contributed by atoms with Crippen molar-refractivity contribution in [3.05, 3.63) is 23.5 Å². The van der Waals surface area contributed by atoms with Crippen LogP contribution < -0.4 is 10.2 Å². The largest absolute Gasteiger partial charge is 0.384 e. The van der Waals surface area contributed by atoms with Crippen LogP contribution in [0.4, 0.5) is 5.82 Å². The molecule has 0 bridgehead atoms. The number of fused-ring (bicyclic) bond motifs is 2. The molecule has 0 spiro atoms. The molecule has 1 saturated heterocycles. The molecule has 112 valence electrons. The molecule has 6 nitrogen and oxygen atoms in total. The van der Waals surface area contributed by atoms with Crippen molar-refractivity contribution in [1.82, 2.24) is 19.9 Å². The number of anilines is 1. The molecular weight excluding hydrogens is 266 g/mol. The fourth-order valence-electron chi connectivity index (χ4n) is 3.42. The number of nitrogens with zero attached hydrogens (tertiary/aromatic N) is 4. The van der Waals surface area contributed by atoms with Crippen LogP contribution in [0.25, 0.3) is 5.65 Å². The average molecular weight is 287 g/mol. The zero-order valence-electron chi connectivity index (χ0n) is 12.4. The minimum atomic E-state index is 0.633. The van der Waals surface area contributed by atoms with Gasteiger partial charge in [-0.2, -0.15) is 9.61 Å². The monoisotopic (exact) mass is 287 g/mol. The molecule has 1 fully saturated rings. The van der Waals surface area contributed by atoms with E-state index in [0.717, 1.165) is 51.3 Å². The molecule has 0 unspecified atom stereocenters.